The van der Waals surface area contributed by atoms with Crippen molar-refractivity contribution in [1.29, 1.82) is 0 Å². The number of allylic oxidation sites excluding steroid dienone is 1. The number of benzene rings is 5. The molecule has 0 saturated heterocycles. The predicted octanol–water partition coefficient (Wildman–Crippen LogP) is 10.4. The fourth-order valence-corrected chi connectivity index (χ4v) is 7.24. The molecular formula is C40H33N. The van der Waals surface area contributed by atoms with Crippen molar-refractivity contribution in [3.8, 4) is 39.1 Å². The van der Waals surface area contributed by atoms with E-state index in [-0.39, 0.29) is 0 Å². The second kappa shape index (κ2) is 9.21. The van der Waals surface area contributed by atoms with E-state index in [0.717, 1.165) is 12.8 Å². The van der Waals surface area contributed by atoms with Crippen molar-refractivity contribution in [3.05, 3.63) is 143 Å². The van der Waals surface area contributed by atoms with Gasteiger partial charge < -0.3 is 4.57 Å². The van der Waals surface area contributed by atoms with Gasteiger partial charge in [0.15, 0.2) is 0 Å². The van der Waals surface area contributed by atoms with Gasteiger partial charge in [-0.15, -0.1) is 0 Å². The summed E-state index contributed by atoms with van der Waals surface area (Å²) in [6, 6.07) is 38.6. The zero-order valence-electron chi connectivity index (χ0n) is 23.9. The van der Waals surface area contributed by atoms with E-state index in [1.54, 1.807) is 0 Å². The van der Waals surface area contributed by atoms with E-state index in [1.165, 1.54) is 83.5 Å². The molecule has 0 bridgehead atoms. The molecule has 8 rings (SSSR count). The Morgan fingerprint density at radius 1 is 0.659 bits per heavy atom. The maximum atomic E-state index is 2.47. The predicted molar refractivity (Wildman–Crippen MR) is 174 cm³/mol. The van der Waals surface area contributed by atoms with Crippen LogP contribution in [-0.2, 0) is 12.8 Å². The molecule has 0 aliphatic heterocycles. The molecule has 0 fully saturated rings. The van der Waals surface area contributed by atoms with Gasteiger partial charge in [0, 0.05) is 16.8 Å². The van der Waals surface area contributed by atoms with Gasteiger partial charge in [-0.2, -0.15) is 0 Å². The average molecular weight is 528 g/mol. The normalized spacial score (nSPS) is 15.1. The van der Waals surface area contributed by atoms with Gasteiger partial charge in [0.1, 0.15) is 0 Å². The zero-order chi connectivity index (χ0) is 27.7. The molecule has 0 N–H and O–H groups in total. The lowest BCUT2D eigenvalue weighted by Gasteiger charge is -2.19. The number of nitrogens with zero attached hydrogens (tertiary/aromatic N) is 1. The van der Waals surface area contributed by atoms with Crippen LogP contribution in [0.1, 0.15) is 40.4 Å². The van der Waals surface area contributed by atoms with Crippen molar-refractivity contribution >= 4 is 17.0 Å². The number of para-hydroxylation sites is 1. The lowest BCUT2D eigenvalue weighted by Crippen LogP contribution is -2.05. The maximum Gasteiger partial charge on any atom is 0.0537 e. The first-order valence-corrected chi connectivity index (χ1v) is 14.8. The third-order valence-electron chi connectivity index (χ3n) is 9.26. The molecule has 0 saturated carbocycles. The molecule has 5 aromatic carbocycles. The minimum Gasteiger partial charge on any atom is -0.310 e. The summed E-state index contributed by atoms with van der Waals surface area (Å²) < 4.78 is 2.47. The molecule has 1 heterocycles. The van der Waals surface area contributed by atoms with Gasteiger partial charge in [0.25, 0.3) is 0 Å². The van der Waals surface area contributed by atoms with Crippen LogP contribution in [0.15, 0.2) is 109 Å². The van der Waals surface area contributed by atoms with Gasteiger partial charge in [0.2, 0.25) is 0 Å². The van der Waals surface area contributed by atoms with Crippen molar-refractivity contribution in [1.82, 2.24) is 4.57 Å². The molecule has 1 nitrogen and oxygen atoms in total. The van der Waals surface area contributed by atoms with Gasteiger partial charge >= 0.3 is 0 Å². The van der Waals surface area contributed by atoms with E-state index in [4.69, 9.17) is 0 Å². The Morgan fingerprint density at radius 3 is 2.39 bits per heavy atom. The van der Waals surface area contributed by atoms with Crippen molar-refractivity contribution in [2.24, 2.45) is 5.92 Å². The van der Waals surface area contributed by atoms with Crippen molar-refractivity contribution < 1.29 is 0 Å². The Bertz CT molecular complexity index is 2030. The summed E-state index contributed by atoms with van der Waals surface area (Å²) in [4.78, 5) is 0. The zero-order valence-corrected chi connectivity index (χ0v) is 23.9. The van der Waals surface area contributed by atoms with E-state index in [9.17, 15) is 0 Å². The lowest BCUT2D eigenvalue weighted by atomic mass is 9.87. The molecule has 2 aliphatic carbocycles. The fraction of sp³-hybridized carbons (Fsp3) is 0.150. The first kappa shape index (κ1) is 24.2. The summed E-state index contributed by atoms with van der Waals surface area (Å²) in [5.41, 5.74) is 18.7. The number of hydrogen-bond acceptors (Lipinski definition) is 0. The molecule has 0 radical (unpaired) electrons. The summed E-state index contributed by atoms with van der Waals surface area (Å²) in [5, 5.41) is 1.37. The summed E-state index contributed by atoms with van der Waals surface area (Å²) in [7, 11) is 0. The topological polar surface area (TPSA) is 4.93 Å². The minimum absolute atomic E-state index is 0.560. The highest BCUT2D eigenvalue weighted by Crippen LogP contribution is 2.43. The second-order valence-electron chi connectivity index (χ2n) is 12.0. The standard InChI is InChI=1S/C40H33N/c1-25-15-20-39-37(21-25)35-12-6-7-14-38(35)41(39)31-18-16-26(2)36(24-31)40-27(3)9-8-13-34(40)29-17-19-33-30(23-29)22-28-10-4-5-11-32(28)33/h4-20,23-25H,21-22H2,1-3H3. The van der Waals surface area contributed by atoms with Crippen LogP contribution in [0.4, 0.5) is 0 Å². The Kier molecular flexibility index (Phi) is 5.44. The van der Waals surface area contributed by atoms with Gasteiger partial charge in [-0.1, -0.05) is 97.9 Å². The largest absolute Gasteiger partial charge is 0.310 e. The number of fused-ring (bicyclic) bond motifs is 6. The molecule has 0 amide bonds. The number of hydrogen-bond donors (Lipinski definition) is 0. The Hall–Kier alpha value is -4.62. The third kappa shape index (κ3) is 3.76. The van der Waals surface area contributed by atoms with Gasteiger partial charge in [-0.3, -0.25) is 0 Å². The minimum atomic E-state index is 0.560. The van der Waals surface area contributed by atoms with E-state index in [1.807, 2.05) is 0 Å². The van der Waals surface area contributed by atoms with Crippen LogP contribution in [0.3, 0.4) is 0 Å². The molecular weight excluding hydrogens is 494 g/mol. The Labute approximate surface area is 242 Å². The van der Waals surface area contributed by atoms with Crippen LogP contribution in [0.5, 0.6) is 0 Å². The van der Waals surface area contributed by atoms with E-state index in [2.05, 4.69) is 141 Å². The van der Waals surface area contributed by atoms with Gasteiger partial charge in [-0.05, 0) is 118 Å². The van der Waals surface area contributed by atoms with Gasteiger partial charge in [0.05, 0.1) is 5.52 Å². The molecule has 1 unspecified atom stereocenters. The number of aryl methyl sites for hydroxylation is 2. The molecule has 6 aromatic rings. The second-order valence-corrected chi connectivity index (χ2v) is 12.0. The molecule has 198 valence electrons. The quantitative estimate of drug-likeness (QED) is 0.215. The van der Waals surface area contributed by atoms with Crippen molar-refractivity contribution in [2.45, 2.75) is 33.6 Å². The van der Waals surface area contributed by atoms with Gasteiger partial charge in [-0.25, -0.2) is 0 Å². The first-order chi connectivity index (χ1) is 20.1. The molecule has 41 heavy (non-hydrogen) atoms. The van der Waals surface area contributed by atoms with Crippen LogP contribution < -0.4 is 0 Å². The first-order valence-electron chi connectivity index (χ1n) is 14.8. The number of rotatable bonds is 3. The molecule has 1 aromatic heterocycles. The van der Waals surface area contributed by atoms with Crippen LogP contribution in [0.25, 0.3) is 56.0 Å². The van der Waals surface area contributed by atoms with Crippen molar-refractivity contribution in [3.63, 3.8) is 0 Å². The van der Waals surface area contributed by atoms with E-state index < -0.39 is 0 Å². The summed E-state index contributed by atoms with van der Waals surface area (Å²) in [6.45, 7) is 6.82. The highest BCUT2D eigenvalue weighted by Gasteiger charge is 2.23. The fourth-order valence-electron chi connectivity index (χ4n) is 7.24. The summed E-state index contributed by atoms with van der Waals surface area (Å²) >= 11 is 0. The SMILES string of the molecule is Cc1ccc(-n2c3c(c4ccccc42)CC(C)C=C3)cc1-c1c(C)cccc1-c1ccc2c(c1)Cc1ccccc1-2. The highest BCUT2D eigenvalue weighted by atomic mass is 15.0. The smallest absolute Gasteiger partial charge is 0.0537 e. The average Bonchev–Trinajstić information content (AvgIpc) is 3.52. The molecule has 1 atom stereocenters. The maximum absolute atomic E-state index is 2.47. The lowest BCUT2D eigenvalue weighted by molar-refractivity contribution is 0.718. The van der Waals surface area contributed by atoms with Crippen LogP contribution in [0, 0.1) is 19.8 Å². The monoisotopic (exact) mass is 527 g/mol. The summed E-state index contributed by atoms with van der Waals surface area (Å²) in [5.74, 6) is 0.560. The Morgan fingerprint density at radius 2 is 1.46 bits per heavy atom. The van der Waals surface area contributed by atoms with Crippen LogP contribution in [-0.4, -0.2) is 4.57 Å². The van der Waals surface area contributed by atoms with Crippen LogP contribution in [0.2, 0.25) is 0 Å². The van der Waals surface area contributed by atoms with E-state index in [0.29, 0.717) is 5.92 Å². The molecule has 1 heteroatoms. The number of aromatic nitrogens is 1. The van der Waals surface area contributed by atoms with E-state index >= 15 is 0 Å². The molecule has 0 spiro atoms. The Balaban J connectivity index is 1.30. The highest BCUT2D eigenvalue weighted by molar-refractivity contribution is 5.93. The third-order valence-corrected chi connectivity index (χ3v) is 9.26. The van der Waals surface area contributed by atoms with Crippen molar-refractivity contribution in [2.75, 3.05) is 0 Å². The molecule has 2 aliphatic rings. The van der Waals surface area contributed by atoms with Crippen LogP contribution >= 0.6 is 0 Å². The summed E-state index contributed by atoms with van der Waals surface area (Å²) in [6.07, 6.45) is 6.79.